The lowest BCUT2D eigenvalue weighted by Gasteiger charge is -2.27. The van der Waals surface area contributed by atoms with Crippen LogP contribution in [0.15, 0.2) is 42.5 Å². The van der Waals surface area contributed by atoms with E-state index in [9.17, 15) is 0 Å². The number of allylic oxidation sites excluding steroid dienone is 1. The van der Waals surface area contributed by atoms with Crippen molar-refractivity contribution in [3.8, 4) is 0 Å². The highest BCUT2D eigenvalue weighted by molar-refractivity contribution is 6.84. The van der Waals surface area contributed by atoms with Crippen molar-refractivity contribution in [2.75, 3.05) is 0 Å². The van der Waals surface area contributed by atoms with Gasteiger partial charge in [-0.1, -0.05) is 42.5 Å². The molecule has 0 N–H and O–H groups in total. The topological polar surface area (TPSA) is 9.23 Å². The van der Waals surface area contributed by atoms with Crippen molar-refractivity contribution in [2.45, 2.75) is 39.5 Å². The Morgan fingerprint density at radius 1 is 1.25 bits per heavy atom. The molecule has 1 nitrogen and oxygen atoms in total. The summed E-state index contributed by atoms with van der Waals surface area (Å²) >= 11 is 0. The molecule has 0 amide bonds. The molecule has 0 heterocycles. The van der Waals surface area contributed by atoms with Crippen molar-refractivity contribution in [2.24, 2.45) is 0 Å². The maximum atomic E-state index is 6.21. The van der Waals surface area contributed by atoms with Gasteiger partial charge in [0.2, 0.25) is 8.32 Å². The summed E-state index contributed by atoms with van der Waals surface area (Å²) in [4.78, 5) is 0. The standard InChI is InChI=1S/C14H22OSi/c1-5-6-10-13(2)15-16(3,4)14-11-8-7-9-12-14/h5-9,11-13H,10H2,1-4H3/b6-5-. The molecule has 1 aromatic rings. The summed E-state index contributed by atoms with van der Waals surface area (Å²) in [7, 11) is -1.73. The van der Waals surface area contributed by atoms with Gasteiger partial charge in [-0.15, -0.1) is 0 Å². The lowest BCUT2D eigenvalue weighted by Crippen LogP contribution is -2.46. The van der Waals surface area contributed by atoms with E-state index >= 15 is 0 Å². The second kappa shape index (κ2) is 6.02. The summed E-state index contributed by atoms with van der Waals surface area (Å²) < 4.78 is 6.21. The van der Waals surface area contributed by atoms with Crippen LogP contribution in [0.4, 0.5) is 0 Å². The fourth-order valence-corrected chi connectivity index (χ4v) is 4.02. The molecule has 1 unspecified atom stereocenters. The first-order chi connectivity index (χ1) is 7.56. The summed E-state index contributed by atoms with van der Waals surface area (Å²) in [6, 6.07) is 10.6. The van der Waals surface area contributed by atoms with Crippen molar-refractivity contribution in [3.63, 3.8) is 0 Å². The molecule has 0 saturated heterocycles. The molecule has 0 spiro atoms. The van der Waals surface area contributed by atoms with Crippen LogP contribution >= 0.6 is 0 Å². The zero-order valence-electron chi connectivity index (χ0n) is 10.7. The average Bonchev–Trinajstić information content (AvgIpc) is 2.27. The lowest BCUT2D eigenvalue weighted by atomic mass is 10.3. The second-order valence-corrected chi connectivity index (χ2v) is 8.44. The van der Waals surface area contributed by atoms with E-state index in [2.05, 4.69) is 62.5 Å². The van der Waals surface area contributed by atoms with Crippen LogP contribution in [-0.2, 0) is 4.43 Å². The van der Waals surface area contributed by atoms with Crippen molar-refractivity contribution >= 4 is 13.5 Å². The van der Waals surface area contributed by atoms with Gasteiger partial charge in [-0.25, -0.2) is 0 Å². The van der Waals surface area contributed by atoms with Crippen molar-refractivity contribution in [1.82, 2.24) is 0 Å². The van der Waals surface area contributed by atoms with Gasteiger partial charge < -0.3 is 4.43 Å². The van der Waals surface area contributed by atoms with Crippen molar-refractivity contribution in [1.29, 1.82) is 0 Å². The van der Waals surface area contributed by atoms with Crippen LogP contribution in [0, 0.1) is 0 Å². The minimum atomic E-state index is -1.73. The molecule has 88 valence electrons. The summed E-state index contributed by atoms with van der Waals surface area (Å²) in [5.74, 6) is 0. The molecule has 2 heteroatoms. The minimum absolute atomic E-state index is 0.304. The fourth-order valence-electron chi connectivity index (χ4n) is 1.79. The molecule has 0 fully saturated rings. The Kier molecular flexibility index (Phi) is 4.96. The molecule has 0 radical (unpaired) electrons. The number of benzene rings is 1. The predicted octanol–water partition coefficient (Wildman–Crippen LogP) is 3.47. The molecule has 0 aliphatic carbocycles. The van der Waals surface area contributed by atoms with Crippen LogP contribution in [0.5, 0.6) is 0 Å². The van der Waals surface area contributed by atoms with E-state index in [1.807, 2.05) is 6.92 Å². The molecule has 0 aliphatic heterocycles. The number of hydrogen-bond donors (Lipinski definition) is 0. The van der Waals surface area contributed by atoms with Crippen molar-refractivity contribution < 1.29 is 4.43 Å². The minimum Gasteiger partial charge on any atom is -0.410 e. The predicted molar refractivity (Wildman–Crippen MR) is 73.5 cm³/mol. The van der Waals surface area contributed by atoms with Crippen molar-refractivity contribution in [3.05, 3.63) is 42.5 Å². The lowest BCUT2D eigenvalue weighted by molar-refractivity contribution is 0.221. The molecule has 1 atom stereocenters. The molecule has 0 aromatic heterocycles. The molecular weight excluding hydrogens is 212 g/mol. The molecule has 1 aromatic carbocycles. The van der Waals surface area contributed by atoms with Crippen LogP contribution in [0.25, 0.3) is 0 Å². The van der Waals surface area contributed by atoms with Gasteiger partial charge in [-0.05, 0) is 38.5 Å². The average molecular weight is 234 g/mol. The van der Waals surface area contributed by atoms with Crippen LogP contribution in [-0.4, -0.2) is 14.4 Å². The van der Waals surface area contributed by atoms with Gasteiger partial charge in [0.25, 0.3) is 0 Å². The third kappa shape index (κ3) is 3.95. The van der Waals surface area contributed by atoms with Gasteiger partial charge in [-0.2, -0.15) is 0 Å². The monoisotopic (exact) mass is 234 g/mol. The maximum Gasteiger partial charge on any atom is 0.218 e. The smallest absolute Gasteiger partial charge is 0.218 e. The summed E-state index contributed by atoms with van der Waals surface area (Å²) in [6.07, 6.45) is 5.55. The highest BCUT2D eigenvalue weighted by atomic mass is 28.4. The van der Waals surface area contributed by atoms with Gasteiger partial charge in [-0.3, -0.25) is 0 Å². The quantitative estimate of drug-likeness (QED) is 0.560. The Balaban J connectivity index is 2.64. The molecule has 0 saturated carbocycles. The van der Waals surface area contributed by atoms with E-state index in [0.717, 1.165) is 6.42 Å². The van der Waals surface area contributed by atoms with E-state index in [1.165, 1.54) is 5.19 Å². The van der Waals surface area contributed by atoms with Gasteiger partial charge in [0, 0.05) is 6.10 Å². The normalized spacial score (nSPS) is 14.2. The third-order valence-corrected chi connectivity index (χ3v) is 5.38. The second-order valence-electron chi connectivity index (χ2n) is 4.61. The van der Waals surface area contributed by atoms with Crippen LogP contribution in [0.3, 0.4) is 0 Å². The summed E-state index contributed by atoms with van der Waals surface area (Å²) in [6.45, 7) is 8.72. The molecule has 0 aliphatic rings. The maximum absolute atomic E-state index is 6.21. The third-order valence-electron chi connectivity index (χ3n) is 2.67. The van der Waals surface area contributed by atoms with Gasteiger partial charge in [0.05, 0.1) is 0 Å². The fraction of sp³-hybridized carbons (Fsp3) is 0.429. The first-order valence-corrected chi connectivity index (χ1v) is 8.81. The van der Waals surface area contributed by atoms with E-state index in [0.29, 0.717) is 6.10 Å². The Hall–Kier alpha value is -0.863. The van der Waals surface area contributed by atoms with E-state index < -0.39 is 8.32 Å². The zero-order chi connectivity index (χ0) is 12.0. The SMILES string of the molecule is C/C=C\CC(C)O[Si](C)(C)c1ccccc1. The zero-order valence-corrected chi connectivity index (χ0v) is 11.7. The molecule has 16 heavy (non-hydrogen) atoms. The van der Waals surface area contributed by atoms with Crippen LogP contribution < -0.4 is 5.19 Å². The Morgan fingerprint density at radius 2 is 1.88 bits per heavy atom. The first kappa shape index (κ1) is 13.2. The first-order valence-electron chi connectivity index (χ1n) is 5.91. The highest BCUT2D eigenvalue weighted by Crippen LogP contribution is 2.11. The van der Waals surface area contributed by atoms with Gasteiger partial charge >= 0.3 is 0 Å². The summed E-state index contributed by atoms with van der Waals surface area (Å²) in [5, 5.41) is 1.36. The van der Waals surface area contributed by atoms with E-state index in [-0.39, 0.29) is 0 Å². The molecule has 1 rings (SSSR count). The van der Waals surface area contributed by atoms with E-state index in [1.54, 1.807) is 0 Å². The molecular formula is C14H22OSi. The Labute approximate surface area is 100 Å². The van der Waals surface area contributed by atoms with Crippen LogP contribution in [0.1, 0.15) is 20.3 Å². The Bertz CT molecular complexity index is 330. The number of rotatable bonds is 5. The van der Waals surface area contributed by atoms with Gasteiger partial charge in [0.1, 0.15) is 0 Å². The largest absolute Gasteiger partial charge is 0.410 e. The number of hydrogen-bond acceptors (Lipinski definition) is 1. The Morgan fingerprint density at radius 3 is 2.44 bits per heavy atom. The molecule has 0 bridgehead atoms. The highest BCUT2D eigenvalue weighted by Gasteiger charge is 2.26. The summed E-state index contributed by atoms with van der Waals surface area (Å²) in [5.41, 5.74) is 0. The van der Waals surface area contributed by atoms with Crippen LogP contribution in [0.2, 0.25) is 13.1 Å². The van der Waals surface area contributed by atoms with E-state index in [4.69, 9.17) is 4.43 Å². The van der Waals surface area contributed by atoms with Gasteiger partial charge in [0.15, 0.2) is 0 Å².